The summed E-state index contributed by atoms with van der Waals surface area (Å²) in [7, 11) is 0. The van der Waals surface area contributed by atoms with Gasteiger partial charge in [-0.15, -0.1) is 0 Å². The molecule has 1 heterocycles. The van der Waals surface area contributed by atoms with Crippen LogP contribution in [-0.2, 0) is 9.59 Å². The molecule has 0 spiro atoms. The molecule has 1 saturated carbocycles. The molecule has 0 aromatic heterocycles. The number of nitrogens with zero attached hydrogens (tertiary/aromatic N) is 1. The second-order valence-electron chi connectivity index (χ2n) is 7.28. The van der Waals surface area contributed by atoms with E-state index in [1.54, 1.807) is 0 Å². The molecule has 0 radical (unpaired) electrons. The van der Waals surface area contributed by atoms with Gasteiger partial charge in [-0.25, -0.2) is 4.90 Å². The molecule has 2 amide bonds. The molecule has 2 fully saturated rings. The van der Waals surface area contributed by atoms with Crippen molar-refractivity contribution in [1.82, 2.24) is 0 Å². The molecule has 2 aromatic rings. The molecule has 2 bridgehead atoms. The van der Waals surface area contributed by atoms with Gasteiger partial charge in [0, 0.05) is 11.8 Å². The quantitative estimate of drug-likeness (QED) is 0.610. The van der Waals surface area contributed by atoms with E-state index >= 15 is 0 Å². The van der Waals surface area contributed by atoms with Crippen LogP contribution in [-0.4, -0.2) is 11.8 Å². The van der Waals surface area contributed by atoms with Gasteiger partial charge in [0.1, 0.15) is 0 Å². The van der Waals surface area contributed by atoms with Crippen molar-refractivity contribution in [3.63, 3.8) is 0 Å². The lowest BCUT2D eigenvalue weighted by atomic mass is 9.85. The molecule has 1 saturated heterocycles. The minimum absolute atomic E-state index is 0.0374. The summed E-state index contributed by atoms with van der Waals surface area (Å²) in [6.45, 7) is 2.11. The predicted octanol–water partition coefficient (Wildman–Crippen LogP) is 4.08. The highest BCUT2D eigenvalue weighted by Gasteiger charge is 2.62. The number of imide groups is 1. The third-order valence-corrected chi connectivity index (χ3v) is 6.07. The Kier molecular flexibility index (Phi) is 3.26. The molecular formula is C23H19NO2. The third kappa shape index (κ3) is 1.94. The van der Waals surface area contributed by atoms with Gasteiger partial charge < -0.3 is 0 Å². The summed E-state index contributed by atoms with van der Waals surface area (Å²) in [5.41, 5.74) is 4.30. The Balaban J connectivity index is 1.57. The Hall–Kier alpha value is -2.94. The monoisotopic (exact) mass is 341 g/mol. The molecule has 2 aromatic carbocycles. The average molecular weight is 341 g/mol. The molecule has 3 heteroatoms. The van der Waals surface area contributed by atoms with Gasteiger partial charge in [0.05, 0.1) is 17.5 Å². The van der Waals surface area contributed by atoms with Gasteiger partial charge in [0.15, 0.2) is 0 Å². The van der Waals surface area contributed by atoms with Crippen LogP contribution in [0.15, 0.2) is 78.4 Å². The Labute approximate surface area is 152 Å². The fourth-order valence-electron chi connectivity index (χ4n) is 4.95. The van der Waals surface area contributed by atoms with Gasteiger partial charge >= 0.3 is 0 Å². The van der Waals surface area contributed by atoms with E-state index < -0.39 is 0 Å². The smallest absolute Gasteiger partial charge is 0.238 e. The zero-order valence-electron chi connectivity index (χ0n) is 14.5. The van der Waals surface area contributed by atoms with E-state index in [4.69, 9.17) is 0 Å². The first-order valence-corrected chi connectivity index (χ1v) is 9.06. The van der Waals surface area contributed by atoms with Crippen molar-refractivity contribution >= 4 is 23.1 Å². The normalized spacial score (nSPS) is 30.9. The van der Waals surface area contributed by atoms with Crippen molar-refractivity contribution < 1.29 is 9.59 Å². The van der Waals surface area contributed by atoms with Crippen LogP contribution in [0, 0.1) is 23.7 Å². The van der Waals surface area contributed by atoms with E-state index in [9.17, 15) is 9.59 Å². The van der Waals surface area contributed by atoms with Crippen LogP contribution >= 0.6 is 0 Å². The molecule has 5 rings (SSSR count). The van der Waals surface area contributed by atoms with Crippen molar-refractivity contribution in [3.8, 4) is 0 Å². The Morgan fingerprint density at radius 3 is 1.81 bits per heavy atom. The minimum atomic E-state index is -0.258. The van der Waals surface area contributed by atoms with Gasteiger partial charge in [0.25, 0.3) is 0 Å². The highest BCUT2D eigenvalue weighted by atomic mass is 16.2. The summed E-state index contributed by atoms with van der Waals surface area (Å²) >= 11 is 0. The van der Waals surface area contributed by atoms with Crippen LogP contribution in [0.25, 0.3) is 5.57 Å². The fraction of sp³-hybridized carbons (Fsp3) is 0.217. The summed E-state index contributed by atoms with van der Waals surface area (Å²) in [6.07, 6.45) is 4.26. The van der Waals surface area contributed by atoms with Crippen molar-refractivity contribution in [2.24, 2.45) is 23.7 Å². The SMILES string of the molecule is CC(=C1[C@H]2C=C[C@@H]1[C@H]1C(=O)N(c3ccccc3)C(=O)[C@H]12)c1ccccc1. The van der Waals surface area contributed by atoms with E-state index in [0.717, 1.165) is 0 Å². The van der Waals surface area contributed by atoms with Crippen molar-refractivity contribution in [2.75, 3.05) is 4.90 Å². The number of hydrogen-bond donors (Lipinski definition) is 0. The largest absolute Gasteiger partial charge is 0.274 e. The average Bonchev–Trinajstić information content (AvgIpc) is 3.32. The Morgan fingerprint density at radius 2 is 1.27 bits per heavy atom. The van der Waals surface area contributed by atoms with E-state index in [0.29, 0.717) is 5.69 Å². The summed E-state index contributed by atoms with van der Waals surface area (Å²) in [6, 6.07) is 19.5. The number of carbonyl (C=O) groups is 2. The number of fused-ring (bicyclic) bond motifs is 5. The lowest BCUT2D eigenvalue weighted by Crippen LogP contribution is -2.33. The van der Waals surface area contributed by atoms with E-state index in [-0.39, 0.29) is 35.5 Å². The number of carbonyl (C=O) groups excluding carboxylic acids is 2. The second kappa shape index (κ2) is 5.53. The number of para-hydroxylation sites is 1. The van der Waals surface area contributed by atoms with Crippen LogP contribution in [0.3, 0.4) is 0 Å². The van der Waals surface area contributed by atoms with Crippen molar-refractivity contribution in [1.29, 1.82) is 0 Å². The molecule has 3 aliphatic rings. The van der Waals surface area contributed by atoms with Crippen LogP contribution in [0.4, 0.5) is 5.69 Å². The lowest BCUT2D eigenvalue weighted by molar-refractivity contribution is -0.122. The first kappa shape index (κ1) is 15.3. The van der Waals surface area contributed by atoms with Gasteiger partial charge in [0.2, 0.25) is 11.8 Å². The molecule has 0 unspecified atom stereocenters. The molecule has 2 aliphatic carbocycles. The first-order chi connectivity index (χ1) is 12.7. The highest BCUT2D eigenvalue weighted by Crippen LogP contribution is 2.58. The zero-order chi connectivity index (χ0) is 17.8. The minimum Gasteiger partial charge on any atom is -0.274 e. The van der Waals surface area contributed by atoms with Crippen LogP contribution in [0.5, 0.6) is 0 Å². The summed E-state index contributed by atoms with van der Waals surface area (Å²) < 4.78 is 0. The third-order valence-electron chi connectivity index (χ3n) is 6.07. The first-order valence-electron chi connectivity index (χ1n) is 9.06. The van der Waals surface area contributed by atoms with Gasteiger partial charge in [-0.2, -0.15) is 0 Å². The molecular weight excluding hydrogens is 322 g/mol. The Bertz CT molecular complexity index is 924. The molecule has 0 N–H and O–H groups in total. The van der Waals surface area contributed by atoms with Gasteiger partial charge in [-0.1, -0.05) is 66.3 Å². The maximum absolute atomic E-state index is 13.1. The summed E-state index contributed by atoms with van der Waals surface area (Å²) in [5, 5.41) is 0. The Morgan fingerprint density at radius 1 is 0.769 bits per heavy atom. The van der Waals surface area contributed by atoms with E-state index in [1.807, 2.05) is 48.5 Å². The molecule has 4 atom stereocenters. The van der Waals surface area contributed by atoms with Crippen molar-refractivity contribution in [2.45, 2.75) is 6.92 Å². The lowest BCUT2D eigenvalue weighted by Gasteiger charge is -2.20. The van der Waals surface area contributed by atoms with E-state index in [1.165, 1.54) is 21.6 Å². The number of anilines is 1. The maximum atomic E-state index is 13.1. The molecule has 128 valence electrons. The molecule has 1 aliphatic heterocycles. The van der Waals surface area contributed by atoms with Crippen molar-refractivity contribution in [3.05, 3.63) is 84.0 Å². The highest BCUT2D eigenvalue weighted by molar-refractivity contribution is 6.23. The van der Waals surface area contributed by atoms with E-state index in [2.05, 4.69) is 31.2 Å². The van der Waals surface area contributed by atoms with Crippen LogP contribution in [0.1, 0.15) is 12.5 Å². The van der Waals surface area contributed by atoms with Gasteiger partial charge in [-0.3, -0.25) is 9.59 Å². The van der Waals surface area contributed by atoms with Gasteiger partial charge in [-0.05, 0) is 30.2 Å². The molecule has 3 nitrogen and oxygen atoms in total. The number of amides is 2. The summed E-state index contributed by atoms with van der Waals surface area (Å²) in [4.78, 5) is 27.7. The number of allylic oxidation sites excluding steroid dienone is 4. The van der Waals surface area contributed by atoms with Crippen LogP contribution < -0.4 is 4.90 Å². The number of hydrogen-bond acceptors (Lipinski definition) is 2. The standard InChI is InChI=1S/C23H19NO2/c1-14(15-8-4-2-5-9-15)19-17-12-13-18(19)21-20(17)22(25)24(23(21)26)16-10-6-3-7-11-16/h2-13,17-18,20-21H,1H3/t17-,18+,20+,21-. The fourth-order valence-corrected chi connectivity index (χ4v) is 4.95. The second-order valence-corrected chi connectivity index (χ2v) is 7.28. The topological polar surface area (TPSA) is 37.4 Å². The number of rotatable bonds is 2. The zero-order valence-corrected chi connectivity index (χ0v) is 14.5. The molecule has 26 heavy (non-hydrogen) atoms. The predicted molar refractivity (Wildman–Crippen MR) is 101 cm³/mol. The summed E-state index contributed by atoms with van der Waals surface area (Å²) in [5.74, 6) is -0.550. The maximum Gasteiger partial charge on any atom is 0.238 e. The van der Waals surface area contributed by atoms with Crippen LogP contribution in [0.2, 0.25) is 0 Å². The number of benzene rings is 2.